The maximum atomic E-state index is 12.8. The van der Waals surface area contributed by atoms with Crippen molar-refractivity contribution in [3.05, 3.63) is 55.9 Å². The summed E-state index contributed by atoms with van der Waals surface area (Å²) in [7, 11) is 0. The Morgan fingerprint density at radius 3 is 2.54 bits per heavy atom. The van der Waals surface area contributed by atoms with Crippen molar-refractivity contribution < 1.29 is 13.2 Å². The number of rotatable bonds is 3. The molecule has 1 fully saturated rings. The van der Waals surface area contributed by atoms with E-state index in [1.165, 1.54) is 6.07 Å². The Labute approximate surface area is 156 Å². The average molecular weight is 431 g/mol. The van der Waals surface area contributed by atoms with E-state index in [0.29, 0.717) is 29.7 Å². The van der Waals surface area contributed by atoms with Gasteiger partial charge in [-0.2, -0.15) is 18.3 Å². The molecule has 5 nitrogen and oxygen atoms in total. The number of alkyl halides is 3. The molecule has 1 aliphatic rings. The highest BCUT2D eigenvalue weighted by atomic mass is 79.9. The molecular weight excluding hydrogens is 413 g/mol. The summed E-state index contributed by atoms with van der Waals surface area (Å²) in [6.07, 6.45) is -2.70. The largest absolute Gasteiger partial charge is 0.416 e. The minimum atomic E-state index is -4.32. The highest BCUT2D eigenvalue weighted by Crippen LogP contribution is 2.31. The van der Waals surface area contributed by atoms with Crippen molar-refractivity contribution in [2.75, 3.05) is 31.1 Å². The lowest BCUT2D eigenvalue weighted by atomic mass is 10.0. The molecule has 1 aromatic carbocycles. The minimum absolute atomic E-state index is 0.273. The number of aryl methyl sites for hydroxylation is 1. The molecular formula is C17H18BrF3N4O. The van der Waals surface area contributed by atoms with Gasteiger partial charge in [0.15, 0.2) is 0 Å². The number of anilines is 1. The third-order valence-electron chi connectivity index (χ3n) is 4.55. The van der Waals surface area contributed by atoms with Crippen LogP contribution in [0.4, 0.5) is 18.9 Å². The molecule has 9 heteroatoms. The Hall–Kier alpha value is -1.87. The zero-order valence-electron chi connectivity index (χ0n) is 14.1. The van der Waals surface area contributed by atoms with E-state index >= 15 is 0 Å². The lowest BCUT2D eigenvalue weighted by Gasteiger charge is -2.36. The predicted octanol–water partition coefficient (Wildman–Crippen LogP) is 3.18. The van der Waals surface area contributed by atoms with Crippen LogP contribution in [0.15, 0.2) is 33.7 Å². The SMILES string of the molecule is Cc1cc(C(F)(F)F)ccc1CN1CCN(c2cn[nH]c(=O)c2Br)CC1. The van der Waals surface area contributed by atoms with E-state index in [-0.39, 0.29) is 5.56 Å². The first-order valence-electron chi connectivity index (χ1n) is 8.13. The molecule has 3 rings (SSSR count). The van der Waals surface area contributed by atoms with E-state index in [9.17, 15) is 18.0 Å². The molecule has 0 atom stereocenters. The van der Waals surface area contributed by atoms with Gasteiger partial charge >= 0.3 is 6.18 Å². The fraction of sp³-hybridized carbons (Fsp3) is 0.412. The van der Waals surface area contributed by atoms with E-state index < -0.39 is 11.7 Å². The number of hydrogen-bond donors (Lipinski definition) is 1. The van der Waals surface area contributed by atoms with Crippen LogP contribution in [-0.2, 0) is 12.7 Å². The van der Waals surface area contributed by atoms with Crippen LogP contribution in [0.5, 0.6) is 0 Å². The van der Waals surface area contributed by atoms with Crippen LogP contribution in [0.25, 0.3) is 0 Å². The van der Waals surface area contributed by atoms with Crippen molar-refractivity contribution in [1.29, 1.82) is 0 Å². The van der Waals surface area contributed by atoms with Crippen molar-refractivity contribution in [2.45, 2.75) is 19.6 Å². The summed E-state index contributed by atoms with van der Waals surface area (Å²) in [5.41, 5.74) is 1.40. The van der Waals surface area contributed by atoms with Gasteiger partial charge in [-0.3, -0.25) is 9.69 Å². The molecule has 1 aromatic heterocycles. The van der Waals surface area contributed by atoms with Gasteiger partial charge in [-0.1, -0.05) is 6.07 Å². The van der Waals surface area contributed by atoms with E-state index in [1.54, 1.807) is 19.2 Å². The lowest BCUT2D eigenvalue weighted by molar-refractivity contribution is -0.137. The maximum Gasteiger partial charge on any atom is 0.416 e. The van der Waals surface area contributed by atoms with Gasteiger partial charge in [-0.25, -0.2) is 5.10 Å². The molecule has 140 valence electrons. The van der Waals surface area contributed by atoms with E-state index in [1.807, 2.05) is 0 Å². The van der Waals surface area contributed by atoms with Crippen LogP contribution in [-0.4, -0.2) is 41.3 Å². The Kier molecular flexibility index (Phi) is 5.38. The topological polar surface area (TPSA) is 52.2 Å². The lowest BCUT2D eigenvalue weighted by Crippen LogP contribution is -2.46. The molecule has 0 saturated carbocycles. The van der Waals surface area contributed by atoms with Crippen molar-refractivity contribution >= 4 is 21.6 Å². The van der Waals surface area contributed by atoms with E-state index in [0.717, 1.165) is 30.4 Å². The fourth-order valence-corrected chi connectivity index (χ4v) is 3.47. The van der Waals surface area contributed by atoms with Gasteiger partial charge in [-0.05, 0) is 46.1 Å². The number of hydrogen-bond acceptors (Lipinski definition) is 4. The maximum absolute atomic E-state index is 12.8. The van der Waals surface area contributed by atoms with Gasteiger partial charge in [0.2, 0.25) is 0 Å². The van der Waals surface area contributed by atoms with Crippen LogP contribution in [0.3, 0.4) is 0 Å². The Bertz CT molecular complexity index is 845. The van der Waals surface area contributed by atoms with Gasteiger partial charge in [0.25, 0.3) is 5.56 Å². The van der Waals surface area contributed by atoms with Crippen LogP contribution in [0, 0.1) is 6.92 Å². The molecule has 0 aliphatic carbocycles. The quantitative estimate of drug-likeness (QED) is 0.812. The zero-order valence-corrected chi connectivity index (χ0v) is 15.7. The van der Waals surface area contributed by atoms with E-state index in [4.69, 9.17) is 0 Å². The summed E-state index contributed by atoms with van der Waals surface area (Å²) in [4.78, 5) is 15.9. The molecule has 1 aliphatic heterocycles. The first kappa shape index (κ1) is 18.9. The van der Waals surface area contributed by atoms with Crippen LogP contribution >= 0.6 is 15.9 Å². The number of nitrogens with one attached hydrogen (secondary N) is 1. The van der Waals surface area contributed by atoms with E-state index in [2.05, 4.69) is 35.9 Å². The van der Waals surface area contributed by atoms with Crippen LogP contribution in [0.2, 0.25) is 0 Å². The average Bonchev–Trinajstić information content (AvgIpc) is 2.59. The Morgan fingerprint density at radius 2 is 1.92 bits per heavy atom. The Balaban J connectivity index is 1.64. The minimum Gasteiger partial charge on any atom is -0.367 e. The molecule has 1 N–H and O–H groups in total. The fourth-order valence-electron chi connectivity index (χ4n) is 3.03. The molecule has 0 spiro atoms. The van der Waals surface area contributed by atoms with Crippen molar-refractivity contribution in [3.63, 3.8) is 0 Å². The molecule has 1 saturated heterocycles. The first-order chi connectivity index (χ1) is 12.3. The van der Waals surface area contributed by atoms with Gasteiger partial charge in [0, 0.05) is 32.7 Å². The number of halogens is 4. The van der Waals surface area contributed by atoms with Crippen molar-refractivity contribution in [2.24, 2.45) is 0 Å². The molecule has 26 heavy (non-hydrogen) atoms. The second-order valence-electron chi connectivity index (χ2n) is 6.30. The number of aromatic nitrogens is 2. The molecule has 2 heterocycles. The molecule has 0 unspecified atom stereocenters. The number of benzene rings is 1. The summed E-state index contributed by atoms with van der Waals surface area (Å²) < 4.78 is 38.8. The summed E-state index contributed by atoms with van der Waals surface area (Å²) >= 11 is 3.29. The van der Waals surface area contributed by atoms with Crippen molar-refractivity contribution in [3.8, 4) is 0 Å². The van der Waals surface area contributed by atoms with Crippen LogP contribution in [0.1, 0.15) is 16.7 Å². The summed E-state index contributed by atoms with van der Waals surface area (Å²) in [6, 6.07) is 3.89. The summed E-state index contributed by atoms with van der Waals surface area (Å²) in [5.74, 6) is 0. The number of H-pyrrole nitrogens is 1. The second-order valence-corrected chi connectivity index (χ2v) is 7.09. The van der Waals surface area contributed by atoms with Gasteiger partial charge in [0.1, 0.15) is 4.47 Å². The van der Waals surface area contributed by atoms with Gasteiger partial charge in [-0.15, -0.1) is 0 Å². The zero-order chi connectivity index (χ0) is 18.9. The first-order valence-corrected chi connectivity index (χ1v) is 8.92. The highest BCUT2D eigenvalue weighted by molar-refractivity contribution is 9.10. The summed E-state index contributed by atoms with van der Waals surface area (Å²) in [5, 5.41) is 6.20. The normalized spacial score (nSPS) is 16.1. The standard InChI is InChI=1S/C17H18BrF3N4O/c1-11-8-13(17(19,20)21)3-2-12(11)10-24-4-6-25(7-5-24)14-9-22-23-16(26)15(14)18/h2-3,8-9H,4-7,10H2,1H3,(H,23,26). The van der Waals surface area contributed by atoms with Crippen LogP contribution < -0.4 is 10.5 Å². The van der Waals surface area contributed by atoms with Crippen molar-refractivity contribution in [1.82, 2.24) is 15.1 Å². The predicted molar refractivity (Wildman–Crippen MR) is 96.2 cm³/mol. The number of aromatic amines is 1. The molecule has 2 aromatic rings. The number of nitrogens with zero attached hydrogens (tertiary/aromatic N) is 3. The summed E-state index contributed by atoms with van der Waals surface area (Å²) in [6.45, 7) is 5.23. The third-order valence-corrected chi connectivity index (χ3v) is 5.32. The second kappa shape index (κ2) is 7.40. The monoisotopic (exact) mass is 430 g/mol. The Morgan fingerprint density at radius 1 is 1.23 bits per heavy atom. The highest BCUT2D eigenvalue weighted by Gasteiger charge is 2.30. The number of piperazine rings is 1. The molecule has 0 amide bonds. The smallest absolute Gasteiger partial charge is 0.367 e. The molecule has 0 radical (unpaired) electrons. The molecule has 0 bridgehead atoms. The van der Waals surface area contributed by atoms with Gasteiger partial charge < -0.3 is 4.90 Å². The van der Waals surface area contributed by atoms with Gasteiger partial charge in [0.05, 0.1) is 17.4 Å². The third kappa shape index (κ3) is 4.09.